The second kappa shape index (κ2) is 14.7. The lowest BCUT2D eigenvalue weighted by Gasteiger charge is -2.05. The average Bonchev–Trinajstić information content (AvgIpc) is 2.38. The molecule has 6 nitrogen and oxygen atoms in total. The Bertz CT molecular complexity index is 232. The maximum atomic E-state index is 8.98. The minimum absolute atomic E-state index is 0.176. The molecular formula is C14H26O6. The molecule has 20 heavy (non-hydrogen) atoms. The molecule has 0 heterocycles. The second-order valence-corrected chi connectivity index (χ2v) is 4.34. The highest BCUT2D eigenvalue weighted by Gasteiger charge is 1.95. The van der Waals surface area contributed by atoms with Crippen molar-refractivity contribution < 1.29 is 29.2 Å². The van der Waals surface area contributed by atoms with Crippen molar-refractivity contribution in [3.8, 4) is 11.8 Å². The van der Waals surface area contributed by atoms with Crippen molar-refractivity contribution in [2.24, 2.45) is 0 Å². The van der Waals surface area contributed by atoms with E-state index >= 15 is 0 Å². The Morgan fingerprint density at radius 2 is 1.45 bits per heavy atom. The standard InChI is InChI=1S/C14H26O6/c1-13(15)5-8-20-12-19-7-4-3-6-17-9-10-18-11-14(2)16/h13-16H,5-12H2,1-2H3. The molecule has 2 atom stereocenters. The van der Waals surface area contributed by atoms with Gasteiger partial charge in [0.15, 0.2) is 0 Å². The van der Waals surface area contributed by atoms with Gasteiger partial charge in [0.25, 0.3) is 0 Å². The average molecular weight is 290 g/mol. The van der Waals surface area contributed by atoms with E-state index in [0.717, 1.165) is 0 Å². The highest BCUT2D eigenvalue weighted by atomic mass is 16.7. The minimum Gasteiger partial charge on any atom is -0.393 e. The fourth-order valence-electron chi connectivity index (χ4n) is 1.06. The van der Waals surface area contributed by atoms with Crippen LogP contribution in [0.3, 0.4) is 0 Å². The highest BCUT2D eigenvalue weighted by molar-refractivity contribution is 4.99. The van der Waals surface area contributed by atoms with E-state index in [0.29, 0.717) is 39.5 Å². The Hall–Kier alpha value is -0.680. The smallest absolute Gasteiger partial charge is 0.148 e. The van der Waals surface area contributed by atoms with Gasteiger partial charge in [-0.2, -0.15) is 0 Å². The van der Waals surface area contributed by atoms with Gasteiger partial charge in [0.2, 0.25) is 0 Å². The van der Waals surface area contributed by atoms with Crippen molar-refractivity contribution in [2.45, 2.75) is 32.5 Å². The van der Waals surface area contributed by atoms with Crippen molar-refractivity contribution >= 4 is 0 Å². The number of ether oxygens (including phenoxy) is 4. The first kappa shape index (κ1) is 19.3. The molecule has 0 rings (SSSR count). The predicted octanol–water partition coefficient (Wildman–Crippen LogP) is 0.165. The molecule has 0 aromatic rings. The molecule has 0 aliphatic heterocycles. The van der Waals surface area contributed by atoms with Crippen LogP contribution in [0.15, 0.2) is 0 Å². The lowest BCUT2D eigenvalue weighted by atomic mass is 10.3. The molecule has 0 saturated carbocycles. The summed E-state index contributed by atoms with van der Waals surface area (Å²) in [5.41, 5.74) is 0. The fourth-order valence-corrected chi connectivity index (χ4v) is 1.06. The molecule has 6 heteroatoms. The zero-order valence-electron chi connectivity index (χ0n) is 12.3. The number of hydrogen-bond acceptors (Lipinski definition) is 6. The molecule has 0 aliphatic rings. The molecule has 2 unspecified atom stereocenters. The molecular weight excluding hydrogens is 264 g/mol. The monoisotopic (exact) mass is 290 g/mol. The minimum atomic E-state index is -0.449. The number of hydrogen-bond donors (Lipinski definition) is 2. The van der Waals surface area contributed by atoms with Crippen LogP contribution in [0, 0.1) is 11.8 Å². The van der Waals surface area contributed by atoms with Gasteiger partial charge < -0.3 is 29.2 Å². The highest BCUT2D eigenvalue weighted by Crippen LogP contribution is 1.90. The molecule has 0 aromatic carbocycles. The first-order valence-corrected chi connectivity index (χ1v) is 6.75. The molecule has 0 amide bonds. The Morgan fingerprint density at radius 1 is 0.800 bits per heavy atom. The number of aliphatic hydroxyl groups is 2. The van der Waals surface area contributed by atoms with Gasteiger partial charge in [-0.15, -0.1) is 0 Å². The molecule has 0 spiro atoms. The summed E-state index contributed by atoms with van der Waals surface area (Å²) in [6.45, 7) is 5.85. The zero-order chi connectivity index (χ0) is 15.1. The number of rotatable bonds is 12. The van der Waals surface area contributed by atoms with Gasteiger partial charge in [0.1, 0.15) is 20.0 Å². The van der Waals surface area contributed by atoms with Gasteiger partial charge in [-0.1, -0.05) is 11.8 Å². The van der Waals surface area contributed by atoms with Crippen LogP contribution in [0.25, 0.3) is 0 Å². The normalized spacial score (nSPS) is 13.6. The Balaban J connectivity index is 3.14. The van der Waals surface area contributed by atoms with E-state index in [9.17, 15) is 0 Å². The van der Waals surface area contributed by atoms with Crippen LogP contribution in [0.5, 0.6) is 0 Å². The van der Waals surface area contributed by atoms with Gasteiger partial charge in [-0.05, 0) is 20.3 Å². The van der Waals surface area contributed by atoms with Crippen LogP contribution in [0.4, 0.5) is 0 Å². The first-order chi connectivity index (χ1) is 9.63. The van der Waals surface area contributed by atoms with E-state index in [1.807, 2.05) is 0 Å². The van der Waals surface area contributed by atoms with Gasteiger partial charge in [0, 0.05) is 0 Å². The Labute approximate surface area is 121 Å². The molecule has 118 valence electrons. The SMILES string of the molecule is CC(O)CCOCOCC#CCOCCOCC(C)O. The third-order valence-electron chi connectivity index (χ3n) is 2.05. The fraction of sp³-hybridized carbons (Fsp3) is 0.857. The second-order valence-electron chi connectivity index (χ2n) is 4.34. The molecule has 2 N–H and O–H groups in total. The van der Waals surface area contributed by atoms with Crippen LogP contribution in [0.2, 0.25) is 0 Å². The van der Waals surface area contributed by atoms with Crippen molar-refractivity contribution in [3.63, 3.8) is 0 Å². The van der Waals surface area contributed by atoms with Crippen molar-refractivity contribution in [1.82, 2.24) is 0 Å². The topological polar surface area (TPSA) is 77.4 Å². The van der Waals surface area contributed by atoms with E-state index in [-0.39, 0.29) is 19.5 Å². The summed E-state index contributed by atoms with van der Waals surface area (Å²) in [6.07, 6.45) is -0.203. The summed E-state index contributed by atoms with van der Waals surface area (Å²) in [6, 6.07) is 0. The van der Waals surface area contributed by atoms with Crippen molar-refractivity contribution in [3.05, 3.63) is 0 Å². The molecule has 0 aliphatic carbocycles. The van der Waals surface area contributed by atoms with Gasteiger partial charge in [-0.25, -0.2) is 0 Å². The summed E-state index contributed by atoms with van der Waals surface area (Å²) in [7, 11) is 0. The third-order valence-corrected chi connectivity index (χ3v) is 2.05. The summed E-state index contributed by atoms with van der Waals surface area (Å²) >= 11 is 0. The third kappa shape index (κ3) is 17.3. The summed E-state index contributed by atoms with van der Waals surface area (Å²) in [5.74, 6) is 5.58. The lowest BCUT2D eigenvalue weighted by Crippen LogP contribution is -2.13. The van der Waals surface area contributed by atoms with Crippen LogP contribution < -0.4 is 0 Å². The molecule has 0 aromatic heterocycles. The molecule has 0 bridgehead atoms. The Kier molecular flexibility index (Phi) is 14.2. The molecule has 0 fully saturated rings. The maximum Gasteiger partial charge on any atom is 0.148 e. The Morgan fingerprint density at radius 3 is 2.10 bits per heavy atom. The summed E-state index contributed by atoms with van der Waals surface area (Å²) in [4.78, 5) is 0. The molecule has 0 radical (unpaired) electrons. The zero-order valence-corrected chi connectivity index (χ0v) is 12.3. The van der Waals surface area contributed by atoms with E-state index in [1.165, 1.54) is 0 Å². The summed E-state index contributed by atoms with van der Waals surface area (Å²) < 4.78 is 20.5. The van der Waals surface area contributed by atoms with Crippen LogP contribution >= 0.6 is 0 Å². The predicted molar refractivity (Wildman–Crippen MR) is 74.2 cm³/mol. The number of aliphatic hydroxyl groups excluding tert-OH is 2. The van der Waals surface area contributed by atoms with Gasteiger partial charge in [-0.3, -0.25) is 0 Å². The van der Waals surface area contributed by atoms with Crippen LogP contribution in [-0.4, -0.2) is 68.9 Å². The van der Waals surface area contributed by atoms with Crippen LogP contribution in [0.1, 0.15) is 20.3 Å². The van der Waals surface area contributed by atoms with E-state index in [1.54, 1.807) is 13.8 Å². The maximum absolute atomic E-state index is 8.98. The van der Waals surface area contributed by atoms with E-state index in [4.69, 9.17) is 29.2 Å². The summed E-state index contributed by atoms with van der Waals surface area (Å²) in [5, 5.41) is 17.9. The van der Waals surface area contributed by atoms with Crippen LogP contribution in [-0.2, 0) is 18.9 Å². The van der Waals surface area contributed by atoms with Crippen molar-refractivity contribution in [1.29, 1.82) is 0 Å². The van der Waals surface area contributed by atoms with Gasteiger partial charge >= 0.3 is 0 Å². The van der Waals surface area contributed by atoms with Crippen molar-refractivity contribution in [2.75, 3.05) is 46.4 Å². The molecule has 0 saturated heterocycles. The first-order valence-electron chi connectivity index (χ1n) is 6.75. The quantitative estimate of drug-likeness (QED) is 0.303. The van der Waals surface area contributed by atoms with Gasteiger partial charge in [0.05, 0.1) is 38.6 Å². The lowest BCUT2D eigenvalue weighted by molar-refractivity contribution is -0.0493. The largest absolute Gasteiger partial charge is 0.393 e. The van der Waals surface area contributed by atoms with E-state index in [2.05, 4.69) is 11.8 Å². The van der Waals surface area contributed by atoms with E-state index < -0.39 is 6.10 Å².